The summed E-state index contributed by atoms with van der Waals surface area (Å²) < 4.78 is 2.34. The quantitative estimate of drug-likeness (QED) is 0.339. The van der Waals surface area contributed by atoms with Gasteiger partial charge in [0.2, 0.25) is 0 Å². The Bertz CT molecular complexity index is 1320. The van der Waals surface area contributed by atoms with Crippen molar-refractivity contribution in [1.82, 2.24) is 14.9 Å². The first kappa shape index (κ1) is 22.4. The summed E-state index contributed by atoms with van der Waals surface area (Å²) in [5, 5.41) is 4.31. The summed E-state index contributed by atoms with van der Waals surface area (Å²) in [6.07, 6.45) is 2.87. The topological polar surface area (TPSA) is 33.1 Å². The third-order valence-corrected chi connectivity index (χ3v) is 7.08. The van der Waals surface area contributed by atoms with Gasteiger partial charge >= 0.3 is 0 Å². The highest BCUT2D eigenvalue weighted by molar-refractivity contribution is 7.80. The molecule has 3 heterocycles. The Morgan fingerprint density at radius 1 is 0.912 bits per heavy atom. The lowest BCUT2D eigenvalue weighted by molar-refractivity contribution is 0.565. The SMILES string of the molecule is CCc1ccc(N2C(=S)N[C@@H](c3ccccn3)[C@H]2c2cc(C)n(-c3cccc(C)c3)c2C)cc1. The molecule has 2 aromatic carbocycles. The lowest BCUT2D eigenvalue weighted by Gasteiger charge is -2.28. The van der Waals surface area contributed by atoms with Crippen LogP contribution in [0.3, 0.4) is 0 Å². The highest BCUT2D eigenvalue weighted by Crippen LogP contribution is 2.43. The van der Waals surface area contributed by atoms with Gasteiger partial charge in [-0.05, 0) is 98.6 Å². The molecule has 4 nitrogen and oxygen atoms in total. The van der Waals surface area contributed by atoms with Crippen LogP contribution in [-0.4, -0.2) is 14.7 Å². The molecule has 1 saturated heterocycles. The van der Waals surface area contributed by atoms with Crippen molar-refractivity contribution in [2.75, 3.05) is 4.90 Å². The smallest absolute Gasteiger partial charge is 0.174 e. The Balaban J connectivity index is 1.67. The summed E-state index contributed by atoms with van der Waals surface area (Å²) in [6.45, 7) is 8.70. The molecule has 1 aliphatic heterocycles. The van der Waals surface area contributed by atoms with Gasteiger partial charge in [-0.15, -0.1) is 0 Å². The molecular weight excluding hydrogens is 436 g/mol. The number of benzene rings is 2. The molecule has 0 saturated carbocycles. The van der Waals surface area contributed by atoms with Crippen molar-refractivity contribution in [3.63, 3.8) is 0 Å². The molecule has 2 aromatic heterocycles. The molecule has 0 aliphatic carbocycles. The van der Waals surface area contributed by atoms with Crippen LogP contribution in [0.2, 0.25) is 0 Å². The first-order valence-corrected chi connectivity index (χ1v) is 12.2. The maximum Gasteiger partial charge on any atom is 0.174 e. The van der Waals surface area contributed by atoms with Crippen molar-refractivity contribution >= 4 is 23.0 Å². The van der Waals surface area contributed by atoms with E-state index in [1.54, 1.807) is 0 Å². The van der Waals surface area contributed by atoms with Gasteiger partial charge in [0.25, 0.3) is 0 Å². The highest BCUT2D eigenvalue weighted by Gasteiger charge is 2.42. The standard InChI is InChI=1S/C29H30N4S/c1-5-22-12-14-23(15-13-22)33-28(27(31-29(33)34)26-11-6-7-16-30-26)25-18-20(3)32(21(25)4)24-10-8-9-19(2)17-24/h6-18,27-28H,5H2,1-4H3,(H,31,34)/t27-,28+/m0/s1. The van der Waals surface area contributed by atoms with Crippen molar-refractivity contribution in [3.8, 4) is 5.69 Å². The average molecular weight is 467 g/mol. The van der Waals surface area contributed by atoms with Gasteiger partial charge in [-0.3, -0.25) is 4.98 Å². The van der Waals surface area contributed by atoms with E-state index in [0.717, 1.165) is 22.9 Å². The van der Waals surface area contributed by atoms with Gasteiger partial charge < -0.3 is 14.8 Å². The van der Waals surface area contributed by atoms with E-state index in [0.29, 0.717) is 0 Å². The lowest BCUT2D eigenvalue weighted by Crippen LogP contribution is -2.29. The maximum atomic E-state index is 5.91. The zero-order valence-corrected chi connectivity index (χ0v) is 20.9. The molecule has 2 atom stereocenters. The largest absolute Gasteiger partial charge is 0.351 e. The van der Waals surface area contributed by atoms with Crippen LogP contribution in [0.25, 0.3) is 5.69 Å². The molecule has 172 valence electrons. The van der Waals surface area contributed by atoms with Crippen LogP contribution in [0.1, 0.15) is 52.8 Å². The van der Waals surface area contributed by atoms with Crippen molar-refractivity contribution in [1.29, 1.82) is 0 Å². The molecule has 0 radical (unpaired) electrons. The van der Waals surface area contributed by atoms with E-state index in [1.165, 1.54) is 33.8 Å². The van der Waals surface area contributed by atoms with E-state index in [9.17, 15) is 0 Å². The van der Waals surface area contributed by atoms with E-state index in [2.05, 4.69) is 103 Å². The Labute approximate surface area is 207 Å². The van der Waals surface area contributed by atoms with Gasteiger partial charge in [-0.25, -0.2) is 0 Å². The number of thiocarbonyl (C=S) groups is 1. The zero-order chi connectivity index (χ0) is 23.8. The van der Waals surface area contributed by atoms with Crippen molar-refractivity contribution in [3.05, 3.63) is 113 Å². The predicted molar refractivity (Wildman–Crippen MR) is 144 cm³/mol. The third-order valence-electron chi connectivity index (χ3n) is 6.77. The van der Waals surface area contributed by atoms with Crippen LogP contribution in [0.4, 0.5) is 5.69 Å². The molecule has 1 aliphatic rings. The Morgan fingerprint density at radius 2 is 1.71 bits per heavy atom. The first-order valence-electron chi connectivity index (χ1n) is 11.8. The number of hydrogen-bond donors (Lipinski definition) is 1. The second-order valence-corrected chi connectivity index (χ2v) is 9.40. The number of pyridine rings is 1. The molecule has 0 amide bonds. The van der Waals surface area contributed by atoms with Crippen molar-refractivity contribution in [2.24, 2.45) is 0 Å². The number of nitrogens with one attached hydrogen (secondary N) is 1. The molecule has 0 spiro atoms. The Hall–Kier alpha value is -3.44. The normalized spacial score (nSPS) is 17.8. The monoisotopic (exact) mass is 466 g/mol. The molecule has 5 rings (SSSR count). The van der Waals surface area contributed by atoms with Gasteiger partial charge in [0.15, 0.2) is 5.11 Å². The molecule has 0 bridgehead atoms. The number of aryl methyl sites for hydroxylation is 3. The number of nitrogens with zero attached hydrogens (tertiary/aromatic N) is 3. The minimum atomic E-state index is -0.0500. The van der Waals surface area contributed by atoms with E-state index in [4.69, 9.17) is 17.2 Å². The fraction of sp³-hybridized carbons (Fsp3) is 0.241. The Kier molecular flexibility index (Phi) is 5.96. The molecular formula is C29H30N4S. The minimum absolute atomic E-state index is 0.0142. The average Bonchev–Trinajstić information content (AvgIpc) is 3.34. The van der Waals surface area contributed by atoms with Gasteiger partial charge in [0.05, 0.1) is 17.8 Å². The third kappa shape index (κ3) is 3.90. The summed E-state index contributed by atoms with van der Waals surface area (Å²) in [7, 11) is 0. The minimum Gasteiger partial charge on any atom is -0.351 e. The first-order chi connectivity index (χ1) is 16.5. The fourth-order valence-electron chi connectivity index (χ4n) is 5.09. The van der Waals surface area contributed by atoms with E-state index >= 15 is 0 Å². The van der Waals surface area contributed by atoms with E-state index in [-0.39, 0.29) is 12.1 Å². The molecule has 1 N–H and O–H groups in total. The van der Waals surface area contributed by atoms with Crippen molar-refractivity contribution in [2.45, 2.75) is 46.2 Å². The summed E-state index contributed by atoms with van der Waals surface area (Å²) >= 11 is 5.91. The van der Waals surface area contributed by atoms with Crippen LogP contribution in [0.5, 0.6) is 0 Å². The second kappa shape index (κ2) is 9.07. The van der Waals surface area contributed by atoms with Crippen LogP contribution in [0.15, 0.2) is 79.0 Å². The second-order valence-electron chi connectivity index (χ2n) is 9.02. The fourth-order valence-corrected chi connectivity index (χ4v) is 5.44. The van der Waals surface area contributed by atoms with Crippen molar-refractivity contribution < 1.29 is 0 Å². The zero-order valence-electron chi connectivity index (χ0n) is 20.1. The Morgan fingerprint density at radius 3 is 2.38 bits per heavy atom. The van der Waals surface area contributed by atoms with Gasteiger partial charge in [-0.1, -0.05) is 37.3 Å². The highest BCUT2D eigenvalue weighted by atomic mass is 32.1. The molecule has 4 aromatic rings. The summed E-state index contributed by atoms with van der Waals surface area (Å²) in [5.41, 5.74) is 9.51. The van der Waals surface area contributed by atoms with Crippen LogP contribution < -0.4 is 10.2 Å². The predicted octanol–water partition coefficient (Wildman–Crippen LogP) is 6.54. The number of aromatic nitrogens is 2. The number of rotatable bonds is 5. The van der Waals surface area contributed by atoms with Gasteiger partial charge in [-0.2, -0.15) is 0 Å². The van der Waals surface area contributed by atoms with Crippen LogP contribution in [-0.2, 0) is 6.42 Å². The van der Waals surface area contributed by atoms with E-state index < -0.39 is 0 Å². The molecule has 0 unspecified atom stereocenters. The summed E-state index contributed by atoms with van der Waals surface area (Å²) in [5.74, 6) is 0. The van der Waals surface area contributed by atoms with Gasteiger partial charge in [0, 0.05) is 29.0 Å². The van der Waals surface area contributed by atoms with Crippen LogP contribution >= 0.6 is 12.2 Å². The maximum absolute atomic E-state index is 5.91. The number of anilines is 1. The molecule has 5 heteroatoms. The van der Waals surface area contributed by atoms with E-state index in [1.807, 2.05) is 18.3 Å². The summed E-state index contributed by atoms with van der Waals surface area (Å²) in [4.78, 5) is 6.96. The molecule has 1 fully saturated rings. The summed E-state index contributed by atoms with van der Waals surface area (Å²) in [6, 6.07) is 25.7. The molecule has 34 heavy (non-hydrogen) atoms. The van der Waals surface area contributed by atoms with Gasteiger partial charge in [0.1, 0.15) is 0 Å². The number of hydrogen-bond acceptors (Lipinski definition) is 2. The van der Waals surface area contributed by atoms with Crippen LogP contribution in [0, 0.1) is 20.8 Å². The lowest BCUT2D eigenvalue weighted by atomic mass is 9.96.